The van der Waals surface area contributed by atoms with E-state index >= 15 is 0 Å². The lowest BCUT2D eigenvalue weighted by molar-refractivity contribution is -0.0618. The maximum Gasteiger partial charge on any atom is 0.262 e. The molecule has 7 heteroatoms. The molecule has 3 rings (SSSR count). The minimum atomic E-state index is -3.68. The van der Waals surface area contributed by atoms with E-state index in [0.717, 1.165) is 5.56 Å². The predicted molar refractivity (Wildman–Crippen MR) is 91.0 cm³/mol. The molecule has 3 unspecified atom stereocenters. The van der Waals surface area contributed by atoms with Crippen LogP contribution in [0.4, 0.5) is 0 Å². The van der Waals surface area contributed by atoms with E-state index in [9.17, 15) is 8.42 Å². The Morgan fingerprint density at radius 3 is 2.46 bits per heavy atom. The van der Waals surface area contributed by atoms with Gasteiger partial charge in [0.15, 0.2) is 5.03 Å². The van der Waals surface area contributed by atoms with Gasteiger partial charge in [0.2, 0.25) is 0 Å². The van der Waals surface area contributed by atoms with Crippen LogP contribution in [0.3, 0.4) is 0 Å². The molecule has 2 heterocycles. The van der Waals surface area contributed by atoms with Gasteiger partial charge in [0.25, 0.3) is 10.0 Å². The summed E-state index contributed by atoms with van der Waals surface area (Å²) < 4.78 is 35.5. The number of hydrogen-bond acceptors (Lipinski definition) is 4. The van der Waals surface area contributed by atoms with Crippen LogP contribution in [0, 0.1) is 6.92 Å². The molecule has 6 nitrogen and oxygen atoms in total. The summed E-state index contributed by atoms with van der Waals surface area (Å²) in [5.41, 5.74) is 0.981. The molecule has 1 aromatic carbocycles. The number of aryl methyl sites for hydroxylation is 2. The molecule has 0 N–H and O–H groups in total. The largest absolute Gasteiger partial charge is 0.370 e. The van der Waals surface area contributed by atoms with Crippen LogP contribution < -0.4 is 0 Å². The lowest BCUT2D eigenvalue weighted by Crippen LogP contribution is -2.53. The van der Waals surface area contributed by atoms with Crippen molar-refractivity contribution in [1.82, 2.24) is 13.9 Å². The van der Waals surface area contributed by atoms with Crippen molar-refractivity contribution in [3.8, 4) is 0 Å². The van der Waals surface area contributed by atoms with Gasteiger partial charge in [-0.1, -0.05) is 30.3 Å². The topological polar surface area (TPSA) is 64.4 Å². The van der Waals surface area contributed by atoms with Crippen LogP contribution in [0.5, 0.6) is 0 Å². The number of hydrogen-bond donors (Lipinski definition) is 0. The number of sulfonamides is 1. The summed E-state index contributed by atoms with van der Waals surface area (Å²) in [6.45, 7) is 5.90. The number of nitrogens with zero attached hydrogens (tertiary/aromatic N) is 3. The molecular formula is C17H23N3O3S. The number of rotatable bonds is 3. The molecule has 1 aromatic heterocycles. The summed E-state index contributed by atoms with van der Waals surface area (Å²) in [5, 5.41) is 0.0925. The van der Waals surface area contributed by atoms with Crippen LogP contribution >= 0.6 is 0 Å². The first-order valence-corrected chi connectivity index (χ1v) is 9.46. The van der Waals surface area contributed by atoms with Gasteiger partial charge in [-0.3, -0.25) is 0 Å². The van der Waals surface area contributed by atoms with Gasteiger partial charge in [0.1, 0.15) is 5.82 Å². The number of aromatic nitrogens is 2. The summed E-state index contributed by atoms with van der Waals surface area (Å²) in [5.74, 6) is 0.668. The Labute approximate surface area is 143 Å². The quantitative estimate of drug-likeness (QED) is 0.853. The molecule has 0 bridgehead atoms. The summed E-state index contributed by atoms with van der Waals surface area (Å²) in [7, 11) is -1.89. The van der Waals surface area contributed by atoms with Crippen molar-refractivity contribution in [3.05, 3.63) is 47.9 Å². The van der Waals surface area contributed by atoms with Crippen LogP contribution in [0.25, 0.3) is 0 Å². The average Bonchev–Trinajstić information content (AvgIpc) is 2.88. The first-order chi connectivity index (χ1) is 11.3. The van der Waals surface area contributed by atoms with E-state index in [1.165, 1.54) is 4.31 Å². The maximum atomic E-state index is 13.1. The summed E-state index contributed by atoms with van der Waals surface area (Å²) in [4.78, 5) is 4.22. The van der Waals surface area contributed by atoms with Crippen molar-refractivity contribution in [3.63, 3.8) is 0 Å². The van der Waals surface area contributed by atoms with Crippen LogP contribution in [0.15, 0.2) is 41.6 Å². The van der Waals surface area contributed by atoms with E-state index in [-0.39, 0.29) is 23.2 Å². The van der Waals surface area contributed by atoms with E-state index in [2.05, 4.69) is 4.98 Å². The second-order valence-corrected chi connectivity index (χ2v) is 8.12. The van der Waals surface area contributed by atoms with E-state index in [0.29, 0.717) is 12.4 Å². The molecule has 0 spiro atoms. The van der Waals surface area contributed by atoms with Crippen LogP contribution in [0.2, 0.25) is 0 Å². The Balaban J connectivity index is 1.98. The molecule has 0 radical (unpaired) electrons. The Hall–Kier alpha value is -1.70. The molecule has 2 aromatic rings. The zero-order valence-electron chi connectivity index (χ0n) is 14.4. The number of imidazole rings is 1. The average molecular weight is 349 g/mol. The molecule has 0 saturated carbocycles. The van der Waals surface area contributed by atoms with Gasteiger partial charge in [-0.15, -0.1) is 0 Å². The number of ether oxygens (including phenoxy) is 1. The summed E-state index contributed by atoms with van der Waals surface area (Å²) in [6, 6.07) is 9.18. The third-order valence-corrected chi connectivity index (χ3v) is 6.52. The summed E-state index contributed by atoms with van der Waals surface area (Å²) in [6.07, 6.45) is 1.28. The fraction of sp³-hybridized carbons (Fsp3) is 0.471. The minimum Gasteiger partial charge on any atom is -0.370 e. The molecule has 1 aliphatic rings. The smallest absolute Gasteiger partial charge is 0.262 e. The molecule has 1 fully saturated rings. The van der Waals surface area contributed by atoms with Gasteiger partial charge in [0.05, 0.1) is 18.8 Å². The molecule has 1 aliphatic heterocycles. The molecule has 0 aliphatic carbocycles. The van der Waals surface area contributed by atoms with Crippen molar-refractivity contribution in [1.29, 1.82) is 0 Å². The van der Waals surface area contributed by atoms with Crippen LogP contribution in [-0.4, -0.2) is 41.0 Å². The third-order valence-electron chi connectivity index (χ3n) is 4.55. The Morgan fingerprint density at radius 2 is 1.88 bits per heavy atom. The molecule has 24 heavy (non-hydrogen) atoms. The van der Waals surface area contributed by atoms with E-state index < -0.39 is 10.0 Å². The Bertz CT molecular complexity index is 797. The minimum absolute atomic E-state index is 0.0925. The van der Waals surface area contributed by atoms with Gasteiger partial charge in [-0.05, 0) is 26.3 Å². The van der Waals surface area contributed by atoms with E-state index in [1.54, 1.807) is 24.7 Å². The zero-order chi connectivity index (χ0) is 17.5. The summed E-state index contributed by atoms with van der Waals surface area (Å²) >= 11 is 0. The zero-order valence-corrected chi connectivity index (χ0v) is 15.2. The monoisotopic (exact) mass is 349 g/mol. The van der Waals surface area contributed by atoms with Crippen molar-refractivity contribution >= 4 is 10.0 Å². The highest BCUT2D eigenvalue weighted by molar-refractivity contribution is 7.89. The molecule has 0 amide bonds. The Morgan fingerprint density at radius 1 is 1.21 bits per heavy atom. The molecular weight excluding hydrogens is 326 g/mol. The fourth-order valence-electron chi connectivity index (χ4n) is 3.22. The fourth-order valence-corrected chi connectivity index (χ4v) is 5.06. The predicted octanol–water partition coefficient (Wildman–Crippen LogP) is 2.27. The second kappa shape index (κ2) is 6.31. The SMILES string of the molecule is Cc1nc(S(=O)(=O)N2C(C)COC(c3ccccc3)C2C)cn1C. The van der Waals surface area contributed by atoms with Crippen molar-refractivity contribution in [2.24, 2.45) is 7.05 Å². The third kappa shape index (κ3) is 2.87. The van der Waals surface area contributed by atoms with Gasteiger partial charge in [-0.2, -0.15) is 4.31 Å². The molecule has 1 saturated heterocycles. The first-order valence-electron chi connectivity index (χ1n) is 8.02. The number of benzene rings is 1. The van der Waals surface area contributed by atoms with Gasteiger partial charge in [-0.25, -0.2) is 13.4 Å². The highest BCUT2D eigenvalue weighted by Gasteiger charge is 2.42. The highest BCUT2D eigenvalue weighted by Crippen LogP contribution is 2.34. The standard InChI is InChI=1S/C17H23N3O3S/c1-12-11-23-17(15-8-6-5-7-9-15)13(2)20(12)24(21,22)16-10-19(4)14(3)18-16/h5-10,12-13,17H,11H2,1-4H3. The van der Waals surface area contributed by atoms with Gasteiger partial charge >= 0.3 is 0 Å². The number of morpholine rings is 1. The van der Waals surface area contributed by atoms with E-state index in [1.807, 2.05) is 44.2 Å². The molecule has 3 atom stereocenters. The van der Waals surface area contributed by atoms with Crippen LogP contribution in [-0.2, 0) is 21.8 Å². The van der Waals surface area contributed by atoms with Gasteiger partial charge < -0.3 is 9.30 Å². The van der Waals surface area contributed by atoms with Crippen LogP contribution in [0.1, 0.15) is 31.3 Å². The maximum absolute atomic E-state index is 13.1. The van der Waals surface area contributed by atoms with Crippen molar-refractivity contribution < 1.29 is 13.2 Å². The van der Waals surface area contributed by atoms with Crippen molar-refractivity contribution in [2.45, 2.75) is 44.0 Å². The highest BCUT2D eigenvalue weighted by atomic mass is 32.2. The lowest BCUT2D eigenvalue weighted by atomic mass is 10.0. The van der Waals surface area contributed by atoms with E-state index in [4.69, 9.17) is 4.74 Å². The normalized spacial score (nSPS) is 25.8. The molecule has 130 valence electrons. The Kier molecular flexibility index (Phi) is 4.50. The van der Waals surface area contributed by atoms with Gasteiger partial charge in [0, 0.05) is 19.3 Å². The lowest BCUT2D eigenvalue weighted by Gasteiger charge is -2.42. The van der Waals surface area contributed by atoms with Crippen molar-refractivity contribution in [2.75, 3.05) is 6.61 Å². The first kappa shape index (κ1) is 17.1. The second-order valence-electron chi connectivity index (χ2n) is 6.33.